The van der Waals surface area contributed by atoms with Gasteiger partial charge in [-0.1, -0.05) is 0 Å². The molecule has 2 spiro atoms. The molecular weight excluding hydrogens is 541 g/mol. The maximum absolute atomic E-state index is 14.3. The molecule has 2 N–H and O–H groups in total. The molecule has 9 nitrogen and oxygen atoms in total. The van der Waals surface area contributed by atoms with Gasteiger partial charge in [0.1, 0.15) is 11.6 Å². The molecule has 4 bridgehead atoms. The van der Waals surface area contributed by atoms with Crippen molar-refractivity contribution >= 4 is 22.5 Å². The Morgan fingerprint density at radius 3 is 2.43 bits per heavy atom. The molecule has 0 radical (unpaired) electrons. The number of hydrogen-bond acceptors (Lipinski definition) is 8. The number of carbonyl (C=O) groups is 1. The van der Waals surface area contributed by atoms with E-state index in [2.05, 4.69) is 22.5 Å². The predicted octanol–water partition coefficient (Wildman–Crippen LogP) is 6.03. The number of benzene rings is 1. The van der Waals surface area contributed by atoms with Crippen LogP contribution in [0.1, 0.15) is 77.6 Å². The summed E-state index contributed by atoms with van der Waals surface area (Å²) in [5.41, 5.74) is 1.30. The molecule has 1 aliphatic heterocycles. The summed E-state index contributed by atoms with van der Waals surface area (Å²) < 4.78 is 19.7. The number of aromatic nitrogens is 1. The van der Waals surface area contributed by atoms with Gasteiger partial charge in [-0.15, -0.1) is 0 Å². The van der Waals surface area contributed by atoms with Crippen molar-refractivity contribution in [3.05, 3.63) is 30.2 Å². The van der Waals surface area contributed by atoms with E-state index >= 15 is 0 Å². The van der Waals surface area contributed by atoms with Crippen LogP contribution in [-0.4, -0.2) is 42.2 Å². The number of anilines is 1. The Labute approximate surface area is 246 Å². The lowest BCUT2D eigenvalue weighted by Crippen LogP contribution is -2.64. The maximum Gasteiger partial charge on any atom is 0.239 e. The van der Waals surface area contributed by atoms with E-state index in [-0.39, 0.29) is 23.7 Å². The van der Waals surface area contributed by atoms with Gasteiger partial charge in [0, 0.05) is 60.8 Å². The molecule has 6 fully saturated rings. The minimum atomic E-state index is -0.917. The Balaban J connectivity index is 0.850. The average Bonchev–Trinajstić information content (AvgIpc) is 2.99. The second kappa shape index (κ2) is 11.2. The van der Waals surface area contributed by atoms with Crippen molar-refractivity contribution in [2.45, 2.75) is 95.2 Å². The molecule has 2 heterocycles. The Morgan fingerprint density at radius 1 is 1.07 bits per heavy atom. The van der Waals surface area contributed by atoms with Crippen LogP contribution in [-0.2, 0) is 24.3 Å². The largest absolute Gasteiger partial charge is 0.497 e. The van der Waals surface area contributed by atoms with Crippen molar-refractivity contribution in [2.24, 2.45) is 29.6 Å². The van der Waals surface area contributed by atoms with E-state index in [9.17, 15) is 9.18 Å². The summed E-state index contributed by atoms with van der Waals surface area (Å²) in [6, 6.07) is 4.93. The van der Waals surface area contributed by atoms with Gasteiger partial charge in [-0.3, -0.25) is 9.78 Å². The number of amides is 1. The molecule has 1 aromatic carbocycles. The lowest BCUT2D eigenvalue weighted by Gasteiger charge is -2.60. The number of methoxy groups -OCH3 is 1. The lowest BCUT2D eigenvalue weighted by atomic mass is 9.53. The van der Waals surface area contributed by atoms with Crippen molar-refractivity contribution in [3.63, 3.8) is 0 Å². The summed E-state index contributed by atoms with van der Waals surface area (Å²) in [6.45, 7) is 2.65. The van der Waals surface area contributed by atoms with E-state index in [1.165, 1.54) is 18.7 Å². The topological polar surface area (TPSA) is 100 Å². The summed E-state index contributed by atoms with van der Waals surface area (Å²) in [5.74, 6) is 0.849. The molecule has 1 atom stereocenters. The zero-order valence-corrected chi connectivity index (χ0v) is 24.5. The van der Waals surface area contributed by atoms with Crippen molar-refractivity contribution in [2.75, 3.05) is 19.0 Å². The monoisotopic (exact) mass is 583 g/mol. The van der Waals surface area contributed by atoms with E-state index in [1.807, 2.05) is 6.07 Å². The van der Waals surface area contributed by atoms with Gasteiger partial charge in [0.25, 0.3) is 0 Å². The molecule has 5 aliphatic carbocycles. The average molecular weight is 584 g/mol. The summed E-state index contributed by atoms with van der Waals surface area (Å²) in [4.78, 5) is 41.6. The number of nitrogens with zero attached hydrogens (tertiary/aromatic N) is 1. The first kappa shape index (κ1) is 28.3. The Morgan fingerprint density at radius 2 is 1.76 bits per heavy atom. The normalized spacial score (nSPS) is 35.9. The first-order chi connectivity index (χ1) is 20.4. The van der Waals surface area contributed by atoms with Crippen molar-refractivity contribution in [3.8, 4) is 5.75 Å². The summed E-state index contributed by atoms with van der Waals surface area (Å²) >= 11 is 0. The lowest BCUT2D eigenvalue weighted by molar-refractivity contribution is -0.680. The number of rotatable bonds is 8. The number of pyridine rings is 1. The van der Waals surface area contributed by atoms with Gasteiger partial charge in [-0.2, -0.15) is 19.6 Å². The third-order valence-electron chi connectivity index (χ3n) is 10.6. The summed E-state index contributed by atoms with van der Waals surface area (Å²) in [5, 5.41) is 6.96. The zero-order valence-electron chi connectivity index (χ0n) is 24.5. The van der Waals surface area contributed by atoms with Crippen LogP contribution in [0.3, 0.4) is 0 Å². The van der Waals surface area contributed by atoms with Gasteiger partial charge in [0.15, 0.2) is 0 Å². The number of hydrogen-bond donors (Lipinski definition) is 2. The fourth-order valence-electron chi connectivity index (χ4n) is 8.44. The Bertz CT molecular complexity index is 1270. The first-order valence-corrected chi connectivity index (χ1v) is 15.8. The van der Waals surface area contributed by atoms with Crippen LogP contribution in [0.25, 0.3) is 10.9 Å². The molecule has 6 aliphatic rings. The molecule has 5 saturated carbocycles. The van der Waals surface area contributed by atoms with Gasteiger partial charge >= 0.3 is 0 Å². The molecule has 8 rings (SSSR count). The minimum absolute atomic E-state index is 0.0686. The number of nitrogens with one attached hydrogen (secondary N) is 2. The zero-order chi connectivity index (χ0) is 28.9. The third kappa shape index (κ3) is 5.14. The summed E-state index contributed by atoms with van der Waals surface area (Å²) in [6.07, 6.45) is 11.4. The standard InChI is InChI=1S/C32H42FN3O6/c1-19(36-28-18-25(38-2)17-26-27(33)7-11-34-29(26)28)4-3-10-35-30(37)22-5-8-31(9-6-22)39-41-32(42-40-31)23-13-20-12-21(15-23)16-24(32)14-20/h7,11,17-24,36H,3-6,8-10,12-16H2,1-2H3,(H,35,37). The minimum Gasteiger partial charge on any atom is -0.497 e. The van der Waals surface area contributed by atoms with Gasteiger partial charge < -0.3 is 15.4 Å². The Kier molecular flexibility index (Phi) is 7.53. The van der Waals surface area contributed by atoms with Crippen LogP contribution in [0.5, 0.6) is 5.75 Å². The van der Waals surface area contributed by atoms with Crippen LogP contribution < -0.4 is 15.4 Å². The third-order valence-corrected chi connectivity index (χ3v) is 10.6. The predicted molar refractivity (Wildman–Crippen MR) is 152 cm³/mol. The van der Waals surface area contributed by atoms with Crippen molar-refractivity contribution < 1.29 is 33.5 Å². The van der Waals surface area contributed by atoms with E-state index < -0.39 is 11.6 Å². The van der Waals surface area contributed by atoms with E-state index in [1.54, 1.807) is 13.2 Å². The maximum atomic E-state index is 14.3. The highest BCUT2D eigenvalue weighted by atomic mass is 19.1. The van der Waals surface area contributed by atoms with E-state index in [0.717, 1.165) is 56.0 Å². The number of ether oxygens (including phenoxy) is 1. The number of fused-ring (bicyclic) bond motifs is 1. The quantitative estimate of drug-likeness (QED) is 0.287. The fourth-order valence-corrected chi connectivity index (χ4v) is 8.44. The Hall–Kier alpha value is -2.53. The number of halogens is 1. The SMILES string of the molecule is COc1cc(NC(C)CCCNC(=O)C2CCC3(CC2)OOC2(OO3)C3CC4CC(C3)CC2C4)c2nccc(F)c2c1. The number of carbonyl (C=O) groups excluding carboxylic acids is 1. The molecule has 10 heteroatoms. The van der Waals surface area contributed by atoms with Crippen molar-refractivity contribution in [1.82, 2.24) is 10.3 Å². The highest BCUT2D eigenvalue weighted by Gasteiger charge is 2.64. The van der Waals surface area contributed by atoms with Crippen LogP contribution in [0, 0.1) is 35.4 Å². The van der Waals surface area contributed by atoms with E-state index in [4.69, 9.17) is 24.3 Å². The van der Waals surface area contributed by atoms with Gasteiger partial charge in [0.2, 0.25) is 17.5 Å². The van der Waals surface area contributed by atoms with E-state index in [0.29, 0.717) is 60.7 Å². The molecule has 1 saturated heterocycles. The van der Waals surface area contributed by atoms with Crippen LogP contribution in [0.15, 0.2) is 24.4 Å². The van der Waals surface area contributed by atoms with Crippen LogP contribution in [0.2, 0.25) is 0 Å². The molecule has 228 valence electrons. The van der Waals surface area contributed by atoms with Gasteiger partial charge in [0.05, 0.1) is 18.3 Å². The molecule has 42 heavy (non-hydrogen) atoms. The second-order valence-electron chi connectivity index (χ2n) is 13.4. The van der Waals surface area contributed by atoms with Crippen molar-refractivity contribution in [1.29, 1.82) is 0 Å². The highest BCUT2D eigenvalue weighted by Crippen LogP contribution is 2.62. The van der Waals surface area contributed by atoms with Gasteiger partial charge in [-0.25, -0.2) is 4.39 Å². The molecule has 1 aromatic heterocycles. The second-order valence-corrected chi connectivity index (χ2v) is 13.4. The molecule has 1 amide bonds. The molecule has 1 unspecified atom stereocenters. The van der Waals surface area contributed by atoms with Gasteiger partial charge in [-0.05, 0) is 88.7 Å². The molecular formula is C32H42FN3O6. The fraction of sp³-hybridized carbons (Fsp3) is 0.688. The smallest absolute Gasteiger partial charge is 0.239 e. The summed E-state index contributed by atoms with van der Waals surface area (Å²) in [7, 11) is 1.56. The molecule has 2 aromatic rings. The van der Waals surface area contributed by atoms with Crippen LogP contribution in [0.4, 0.5) is 10.1 Å². The first-order valence-electron chi connectivity index (χ1n) is 15.8. The van der Waals surface area contributed by atoms with Crippen LogP contribution >= 0.6 is 0 Å². The highest BCUT2D eigenvalue weighted by molar-refractivity contribution is 5.92.